The van der Waals surface area contributed by atoms with E-state index in [0.29, 0.717) is 28.8 Å². The first kappa shape index (κ1) is 20.7. The average Bonchev–Trinajstić information content (AvgIpc) is 3.08. The van der Waals surface area contributed by atoms with E-state index in [1.54, 1.807) is 35.7 Å². The van der Waals surface area contributed by atoms with Crippen LogP contribution < -0.4 is 4.72 Å². The Balaban J connectivity index is 1.60. The highest BCUT2D eigenvalue weighted by molar-refractivity contribution is 7.92. The molecule has 0 saturated heterocycles. The fraction of sp³-hybridized carbons (Fsp3) is 0.105. The van der Waals surface area contributed by atoms with E-state index in [4.69, 9.17) is 0 Å². The number of rotatable bonds is 4. The predicted molar refractivity (Wildman–Crippen MR) is 103 cm³/mol. The number of alkyl halides is 3. The number of nitrogens with zero attached hydrogens (tertiary/aromatic N) is 4. The van der Waals surface area contributed by atoms with Crippen molar-refractivity contribution in [3.05, 3.63) is 71.8 Å². The monoisotopic (exact) mass is 451 g/mol. The van der Waals surface area contributed by atoms with E-state index in [-0.39, 0.29) is 11.8 Å². The molecule has 0 fully saturated rings. The third-order valence-corrected chi connectivity index (χ3v) is 5.78. The number of aromatic nitrogens is 4. The molecule has 0 aliphatic heterocycles. The maximum atomic E-state index is 13.4. The van der Waals surface area contributed by atoms with Crippen molar-refractivity contribution in [3.8, 4) is 11.3 Å². The van der Waals surface area contributed by atoms with Crippen LogP contribution in [0.3, 0.4) is 0 Å². The van der Waals surface area contributed by atoms with Gasteiger partial charge in [0.05, 0.1) is 16.2 Å². The van der Waals surface area contributed by atoms with Crippen molar-refractivity contribution in [1.29, 1.82) is 0 Å². The van der Waals surface area contributed by atoms with Gasteiger partial charge in [-0.05, 0) is 49.4 Å². The maximum absolute atomic E-state index is 13.4. The van der Waals surface area contributed by atoms with Gasteiger partial charge in [0.25, 0.3) is 10.0 Å². The number of fused-ring (bicyclic) bond motifs is 1. The van der Waals surface area contributed by atoms with Gasteiger partial charge in [-0.15, -0.1) is 10.2 Å². The van der Waals surface area contributed by atoms with Crippen molar-refractivity contribution in [2.75, 3.05) is 4.72 Å². The summed E-state index contributed by atoms with van der Waals surface area (Å²) in [5, 5.41) is 12.3. The van der Waals surface area contributed by atoms with Gasteiger partial charge in [0, 0.05) is 11.3 Å². The zero-order valence-electron chi connectivity index (χ0n) is 15.7. The van der Waals surface area contributed by atoms with Crippen LogP contribution in [0.15, 0.2) is 59.5 Å². The van der Waals surface area contributed by atoms with Gasteiger partial charge in [0.2, 0.25) is 0 Å². The molecule has 2 aromatic carbocycles. The third-order valence-electron chi connectivity index (χ3n) is 4.41. The van der Waals surface area contributed by atoms with Crippen LogP contribution in [0.25, 0.3) is 16.9 Å². The molecule has 0 radical (unpaired) electrons. The van der Waals surface area contributed by atoms with E-state index < -0.39 is 32.5 Å². The molecule has 4 aromatic rings. The van der Waals surface area contributed by atoms with E-state index in [9.17, 15) is 26.0 Å². The Hall–Kier alpha value is -3.54. The lowest BCUT2D eigenvalue weighted by Crippen LogP contribution is -2.15. The molecule has 0 atom stereocenters. The molecule has 4 rings (SSSR count). The molecule has 12 heteroatoms. The number of anilines is 1. The van der Waals surface area contributed by atoms with Crippen LogP contribution in [0.5, 0.6) is 0 Å². The Morgan fingerprint density at radius 2 is 1.68 bits per heavy atom. The molecule has 0 spiro atoms. The molecule has 2 heterocycles. The summed E-state index contributed by atoms with van der Waals surface area (Å²) in [5.41, 5.74) is 0.278. The van der Waals surface area contributed by atoms with Crippen LogP contribution in [0.1, 0.15) is 11.4 Å². The van der Waals surface area contributed by atoms with Crippen molar-refractivity contribution in [2.24, 2.45) is 0 Å². The lowest BCUT2D eigenvalue weighted by Gasteiger charge is -2.12. The van der Waals surface area contributed by atoms with Crippen molar-refractivity contribution in [3.63, 3.8) is 0 Å². The topological polar surface area (TPSA) is 89.2 Å². The van der Waals surface area contributed by atoms with E-state index in [1.807, 2.05) is 0 Å². The second kappa shape index (κ2) is 7.30. The first-order valence-electron chi connectivity index (χ1n) is 8.74. The number of nitrogens with one attached hydrogen (secondary N) is 1. The molecule has 160 valence electrons. The lowest BCUT2D eigenvalue weighted by atomic mass is 10.1. The van der Waals surface area contributed by atoms with E-state index >= 15 is 0 Å². The Kier molecular flexibility index (Phi) is 4.88. The molecule has 2 aromatic heterocycles. The molecular weight excluding hydrogens is 438 g/mol. The molecule has 1 N–H and O–H groups in total. The first-order chi connectivity index (χ1) is 14.5. The molecule has 0 unspecified atom stereocenters. The molecule has 0 saturated carbocycles. The van der Waals surface area contributed by atoms with Crippen molar-refractivity contribution >= 4 is 21.4 Å². The number of halogens is 4. The summed E-state index contributed by atoms with van der Waals surface area (Å²) in [5.74, 6) is -0.956. The van der Waals surface area contributed by atoms with Gasteiger partial charge < -0.3 is 0 Å². The zero-order chi connectivity index (χ0) is 22.4. The summed E-state index contributed by atoms with van der Waals surface area (Å²) in [6.45, 7) is 1.74. The maximum Gasteiger partial charge on any atom is 0.419 e. The quantitative estimate of drug-likeness (QED) is 0.473. The molecule has 7 nitrogen and oxygen atoms in total. The van der Waals surface area contributed by atoms with Gasteiger partial charge in [-0.3, -0.25) is 4.72 Å². The van der Waals surface area contributed by atoms with E-state index in [1.165, 1.54) is 12.1 Å². The zero-order valence-corrected chi connectivity index (χ0v) is 16.5. The minimum absolute atomic E-state index is 0.114. The van der Waals surface area contributed by atoms with Gasteiger partial charge in [0.1, 0.15) is 5.82 Å². The summed E-state index contributed by atoms with van der Waals surface area (Å²) < 4.78 is 80.8. The third kappa shape index (κ3) is 4.06. The summed E-state index contributed by atoms with van der Waals surface area (Å²) >= 11 is 0. The second-order valence-corrected chi connectivity index (χ2v) is 8.24. The Labute approximate surface area is 173 Å². The van der Waals surface area contributed by atoms with E-state index in [0.717, 1.165) is 6.07 Å². The van der Waals surface area contributed by atoms with Crippen LogP contribution in [-0.4, -0.2) is 28.2 Å². The Bertz CT molecular complexity index is 1380. The summed E-state index contributed by atoms with van der Waals surface area (Å²) in [4.78, 5) is -0.708. The van der Waals surface area contributed by atoms with Crippen molar-refractivity contribution in [2.45, 2.75) is 18.0 Å². The van der Waals surface area contributed by atoms with Crippen molar-refractivity contribution in [1.82, 2.24) is 19.8 Å². The van der Waals surface area contributed by atoms with Gasteiger partial charge >= 0.3 is 6.18 Å². The SMILES string of the molecule is Cc1nnc2ccc(-c3ccc(NS(=O)(=O)c4ccc(F)c(C(F)(F)F)c4)cc3)nn12. The number of benzene rings is 2. The van der Waals surface area contributed by atoms with Crippen LogP contribution in [0.2, 0.25) is 0 Å². The highest BCUT2D eigenvalue weighted by atomic mass is 32.2. The standard InChI is InChI=1S/C19H13F4N5O2S/c1-11-24-25-18-9-8-17(26-28(11)18)12-2-4-13(5-3-12)27-31(29,30)14-6-7-16(20)15(10-14)19(21,22)23/h2-10,27H,1H3. The fourth-order valence-electron chi connectivity index (χ4n) is 2.86. The van der Waals surface area contributed by atoms with Crippen LogP contribution in [-0.2, 0) is 16.2 Å². The molecule has 0 aliphatic rings. The molecule has 31 heavy (non-hydrogen) atoms. The number of aryl methyl sites for hydroxylation is 1. The van der Waals surface area contributed by atoms with Gasteiger partial charge in [-0.2, -0.15) is 22.8 Å². The summed E-state index contributed by atoms with van der Waals surface area (Å²) in [6, 6.07) is 11.0. The second-order valence-electron chi connectivity index (χ2n) is 6.56. The first-order valence-corrected chi connectivity index (χ1v) is 10.2. The normalized spacial score (nSPS) is 12.3. The fourth-order valence-corrected chi connectivity index (χ4v) is 3.95. The van der Waals surface area contributed by atoms with Gasteiger partial charge in [0.15, 0.2) is 11.5 Å². The highest BCUT2D eigenvalue weighted by Crippen LogP contribution is 2.33. The minimum atomic E-state index is -5.02. The largest absolute Gasteiger partial charge is 0.419 e. The lowest BCUT2D eigenvalue weighted by molar-refractivity contribution is -0.140. The van der Waals surface area contributed by atoms with Gasteiger partial charge in [-0.1, -0.05) is 12.1 Å². The average molecular weight is 451 g/mol. The summed E-state index contributed by atoms with van der Waals surface area (Å²) in [7, 11) is -4.37. The number of hydrogen-bond acceptors (Lipinski definition) is 5. The Morgan fingerprint density at radius 3 is 2.35 bits per heavy atom. The summed E-state index contributed by atoms with van der Waals surface area (Å²) in [6.07, 6.45) is -5.02. The van der Waals surface area contributed by atoms with Gasteiger partial charge in [-0.25, -0.2) is 12.8 Å². The van der Waals surface area contributed by atoms with E-state index in [2.05, 4.69) is 20.0 Å². The minimum Gasteiger partial charge on any atom is -0.280 e. The van der Waals surface area contributed by atoms with Crippen LogP contribution in [0.4, 0.5) is 23.2 Å². The molecule has 0 aliphatic carbocycles. The predicted octanol–water partition coefficient (Wildman–Crippen LogP) is 4.06. The molecule has 0 amide bonds. The highest BCUT2D eigenvalue weighted by Gasteiger charge is 2.35. The molecular formula is C19H13F4N5O2S. The van der Waals surface area contributed by atoms with Crippen LogP contribution in [0, 0.1) is 12.7 Å². The Morgan fingerprint density at radius 1 is 0.968 bits per heavy atom. The van der Waals surface area contributed by atoms with Crippen molar-refractivity contribution < 1.29 is 26.0 Å². The van der Waals surface area contributed by atoms with Crippen LogP contribution >= 0.6 is 0 Å². The number of sulfonamides is 1. The number of hydrogen-bond donors (Lipinski definition) is 1. The smallest absolute Gasteiger partial charge is 0.280 e. The molecule has 0 bridgehead atoms.